The van der Waals surface area contributed by atoms with Gasteiger partial charge in [0.2, 0.25) is 11.8 Å². The number of carboxylic acid groups (broad SMARTS) is 4. The number of benzene rings is 3. The number of H-pyrrole nitrogens is 1. The van der Waals surface area contributed by atoms with Crippen molar-refractivity contribution in [3.05, 3.63) is 102 Å². The third-order valence-corrected chi connectivity index (χ3v) is 14.0. The first kappa shape index (κ1) is 89.8. The molecule has 5 rings (SSSR count). The number of hydrogen-bond acceptors (Lipinski definition) is 28. The number of aromatic nitrogens is 1. The van der Waals surface area contributed by atoms with E-state index >= 15 is 0 Å². The number of primary amides is 2. The fourth-order valence-electron chi connectivity index (χ4n) is 7.89. The number of para-hydroxylation sites is 1. The molecule has 32 N–H and O–H groups in total. The minimum Gasteiger partial charge on any atom is -0.480 e. The van der Waals surface area contributed by atoms with Gasteiger partial charge in [0.05, 0.1) is 0 Å². The number of amides is 2. The summed E-state index contributed by atoms with van der Waals surface area (Å²) in [6.45, 7) is 4.99. The van der Waals surface area contributed by atoms with Gasteiger partial charge < -0.3 is 124 Å². The molecule has 35 heteroatoms. The molecule has 0 aliphatic carbocycles. The molecule has 1 aliphatic heterocycles. The summed E-state index contributed by atoms with van der Waals surface area (Å²) in [5.74, 6) is -9.37. The van der Waals surface area contributed by atoms with E-state index in [2.05, 4.69) is 24.5 Å². The standard InChI is InChI=1S/C14H18N2O4.C11H22N4O4.C11H12N2O2.C10H19N3O4.C9H19N3O4.C9H11NO2/c15-11(13(17)18)8-9-3-5-10(6-4-9)20-14(19)12-2-1-7-16-12;12-6-2-1-3-7(13)10(17)19-11(18)8(14)4-5-9(15)16;12-9(11(14)15)5-7-6-13-10-4-2-1-3-8(7)10;1-5(2)8(13)10(16)17-9(15)6(11)3-4-7(12)14;10-4-2-1-3-6(11)9(15)16-5-7(12)8(13)14;10-8(9(11)12)6-7-4-2-1-3-5-7/h3-6,11-12,16H,1-2,7-8,15H2,(H,17,18);7-8H,1-6,12-14H2,(H2,15,16);1-4,6,9,13H,5,12H2,(H,14,15);5-6,8H,3-4,11,13H2,1-2H3,(H2,12,14);6-7H,1-5,10-12H2,(H,13,14);1-5,8H,6,10H2,(H,11,12)/t11-,12-;7-,8-;9-;6-,8-;6-,7-;8-/m000000/s1. The second kappa shape index (κ2) is 50.1. The lowest BCUT2D eigenvalue weighted by Crippen LogP contribution is -2.42. The minimum atomic E-state index is -1.22. The van der Waals surface area contributed by atoms with Crippen molar-refractivity contribution in [2.24, 2.45) is 80.5 Å². The lowest BCUT2D eigenvalue weighted by molar-refractivity contribution is -0.163. The van der Waals surface area contributed by atoms with Crippen LogP contribution >= 0.6 is 0 Å². The highest BCUT2D eigenvalue weighted by atomic mass is 16.6. The van der Waals surface area contributed by atoms with Gasteiger partial charge in [-0.2, -0.15) is 0 Å². The third kappa shape index (κ3) is 40.3. The van der Waals surface area contributed by atoms with Crippen LogP contribution in [0.2, 0.25) is 0 Å². The highest BCUT2D eigenvalue weighted by molar-refractivity contribution is 5.92. The Morgan fingerprint density at radius 2 is 0.919 bits per heavy atom. The van der Waals surface area contributed by atoms with Gasteiger partial charge in [0.1, 0.15) is 72.8 Å². The average Bonchev–Trinajstić information content (AvgIpc) is 1.70. The van der Waals surface area contributed by atoms with Gasteiger partial charge in [0.15, 0.2) is 0 Å². The van der Waals surface area contributed by atoms with Crippen LogP contribution in [0.25, 0.3) is 10.9 Å². The van der Waals surface area contributed by atoms with Gasteiger partial charge in [-0.25, -0.2) is 24.0 Å². The molecule has 3 aromatic carbocycles. The fourth-order valence-corrected chi connectivity index (χ4v) is 7.89. The molecule has 4 aromatic rings. The number of aliphatic carboxylic acids is 4. The third-order valence-electron chi connectivity index (χ3n) is 14.0. The normalized spacial score (nSPS) is 14.7. The number of carboxylic acids is 4. The number of rotatable bonds is 34. The molecule has 0 bridgehead atoms. The Morgan fingerprint density at radius 1 is 0.495 bits per heavy atom. The Bertz CT molecular complexity index is 3140. The van der Waals surface area contributed by atoms with Crippen molar-refractivity contribution >= 4 is 82.4 Å². The van der Waals surface area contributed by atoms with Crippen LogP contribution < -0.4 is 84.6 Å². The van der Waals surface area contributed by atoms with Crippen molar-refractivity contribution in [3.8, 4) is 5.75 Å². The Balaban J connectivity index is 0.00000117. The molecule has 2 amide bonds. The van der Waals surface area contributed by atoms with Crippen molar-refractivity contribution in [1.82, 2.24) is 10.3 Å². The van der Waals surface area contributed by atoms with Gasteiger partial charge in [-0.05, 0) is 125 Å². The quantitative estimate of drug-likeness (QED) is 0.00738. The Labute approximate surface area is 572 Å². The number of hydrogen-bond donors (Lipinski definition) is 19. The molecule has 0 radical (unpaired) electrons. The van der Waals surface area contributed by atoms with E-state index in [4.69, 9.17) is 99.7 Å². The van der Waals surface area contributed by atoms with Gasteiger partial charge in [0, 0.05) is 36.4 Å². The number of carbonyl (C=O) groups is 12. The number of ether oxygens (including phenoxy) is 4. The Hall–Kier alpha value is -9.24. The van der Waals surface area contributed by atoms with Crippen molar-refractivity contribution in [1.29, 1.82) is 0 Å². The molecule has 0 unspecified atom stereocenters. The number of esters is 6. The summed E-state index contributed by atoms with van der Waals surface area (Å²) in [4.78, 5) is 135. The van der Waals surface area contributed by atoms with Crippen LogP contribution in [-0.2, 0) is 91.0 Å². The van der Waals surface area contributed by atoms with Gasteiger partial charge >= 0.3 is 59.7 Å². The molecule has 2 heterocycles. The zero-order chi connectivity index (χ0) is 75.3. The van der Waals surface area contributed by atoms with E-state index in [1.54, 1.807) is 38.1 Å². The molecule has 99 heavy (non-hydrogen) atoms. The second-order valence-corrected chi connectivity index (χ2v) is 22.8. The number of nitrogens with one attached hydrogen (secondary N) is 2. The molecular formula is C64H101N15O20. The molecule has 10 atom stereocenters. The van der Waals surface area contributed by atoms with E-state index in [9.17, 15) is 57.5 Å². The van der Waals surface area contributed by atoms with E-state index in [0.29, 0.717) is 50.9 Å². The minimum absolute atomic E-state index is 0.0316. The van der Waals surface area contributed by atoms with Crippen LogP contribution in [-0.4, -0.2) is 184 Å². The number of unbranched alkanes of at least 4 members (excludes halogenated alkanes) is 2. The highest BCUT2D eigenvalue weighted by Crippen LogP contribution is 2.19. The monoisotopic (exact) mass is 1400 g/mol. The molecule has 1 fully saturated rings. The SMILES string of the molecule is CC(C)[C@H](N)C(=O)OC(=O)[C@@H](N)CCC(N)=O.NCCCC[C@H](N)C(=O)OC(=O)[C@@H](N)CCC(N)=O.NCCCC[C@H](N)C(=O)OC[C@H](N)C(=O)O.N[C@@H](Cc1c[nH]c2ccccc12)C(=O)O.N[C@@H](Cc1ccc(OC(=O)[C@@H]2CCCN2)cc1)C(=O)O.N[C@@H](Cc1ccccc1)C(=O)O. The van der Waals surface area contributed by atoms with Gasteiger partial charge in [-0.15, -0.1) is 0 Å². The maximum absolute atomic E-state index is 11.8. The van der Waals surface area contributed by atoms with Crippen LogP contribution in [0.15, 0.2) is 85.1 Å². The predicted octanol–water partition coefficient (Wildman–Crippen LogP) is -2.80. The molecule has 1 saturated heterocycles. The number of nitrogens with two attached hydrogens (primary N) is 13. The van der Waals surface area contributed by atoms with Crippen LogP contribution in [0.3, 0.4) is 0 Å². The van der Waals surface area contributed by atoms with Crippen molar-refractivity contribution in [3.63, 3.8) is 0 Å². The molecular weight excluding hydrogens is 1300 g/mol. The number of carbonyl (C=O) groups excluding carboxylic acids is 8. The van der Waals surface area contributed by atoms with E-state index in [1.807, 2.05) is 60.8 Å². The Morgan fingerprint density at radius 3 is 1.35 bits per heavy atom. The summed E-state index contributed by atoms with van der Waals surface area (Å²) >= 11 is 0. The number of fused-ring (bicyclic) bond motifs is 1. The summed E-state index contributed by atoms with van der Waals surface area (Å²) in [5.41, 5.74) is 72.9. The number of aromatic amines is 1. The first-order valence-electron chi connectivity index (χ1n) is 31.6. The lowest BCUT2D eigenvalue weighted by Gasteiger charge is -2.15. The predicted molar refractivity (Wildman–Crippen MR) is 362 cm³/mol. The van der Waals surface area contributed by atoms with Gasteiger partial charge in [-0.1, -0.05) is 87.4 Å². The largest absolute Gasteiger partial charge is 0.480 e. The van der Waals surface area contributed by atoms with Crippen LogP contribution in [0.5, 0.6) is 5.75 Å². The van der Waals surface area contributed by atoms with Crippen molar-refractivity contribution in [2.75, 3.05) is 26.2 Å². The second-order valence-electron chi connectivity index (χ2n) is 22.8. The van der Waals surface area contributed by atoms with Crippen molar-refractivity contribution in [2.45, 2.75) is 171 Å². The summed E-state index contributed by atoms with van der Waals surface area (Å²) in [7, 11) is 0. The maximum Gasteiger partial charge on any atom is 0.330 e. The zero-order valence-electron chi connectivity index (χ0n) is 55.7. The summed E-state index contributed by atoms with van der Waals surface area (Å²) in [6.07, 6.45) is 8.34. The molecule has 35 nitrogen and oxygen atoms in total. The first-order chi connectivity index (χ1) is 46.6. The van der Waals surface area contributed by atoms with E-state index in [1.165, 1.54) is 0 Å². The topological polar surface area (TPSA) is 689 Å². The van der Waals surface area contributed by atoms with E-state index < -0.39 is 120 Å². The summed E-state index contributed by atoms with van der Waals surface area (Å²) in [6, 6.07) is 15.2. The molecule has 0 saturated carbocycles. The fraction of sp³-hybridized carbons (Fsp3) is 0.500. The highest BCUT2D eigenvalue weighted by Gasteiger charge is 2.27. The van der Waals surface area contributed by atoms with E-state index in [0.717, 1.165) is 66.2 Å². The lowest BCUT2D eigenvalue weighted by atomic mass is 10.1. The molecule has 552 valence electrons. The van der Waals surface area contributed by atoms with E-state index in [-0.39, 0.29) is 56.6 Å². The van der Waals surface area contributed by atoms with Crippen LogP contribution in [0.4, 0.5) is 0 Å². The van der Waals surface area contributed by atoms with Crippen LogP contribution in [0, 0.1) is 5.92 Å². The van der Waals surface area contributed by atoms with Crippen molar-refractivity contribution < 1.29 is 96.9 Å². The van der Waals surface area contributed by atoms with Crippen LogP contribution in [0.1, 0.15) is 108 Å². The summed E-state index contributed by atoms with van der Waals surface area (Å²) < 4.78 is 18.9. The molecule has 0 spiro atoms. The first-order valence-corrected chi connectivity index (χ1v) is 31.6. The molecule has 1 aromatic heterocycles. The molecule has 1 aliphatic rings. The van der Waals surface area contributed by atoms with Gasteiger partial charge in [0.25, 0.3) is 0 Å². The summed E-state index contributed by atoms with van der Waals surface area (Å²) in [5, 5.41) is 38.5. The smallest absolute Gasteiger partial charge is 0.330 e. The maximum atomic E-state index is 11.8. The average molecular weight is 1400 g/mol. The zero-order valence-corrected chi connectivity index (χ0v) is 55.7. The van der Waals surface area contributed by atoms with Gasteiger partial charge in [-0.3, -0.25) is 33.6 Å². The Kier molecular flexibility index (Phi) is 45.5.